The van der Waals surface area contributed by atoms with E-state index in [2.05, 4.69) is 15.8 Å². The van der Waals surface area contributed by atoms with E-state index in [-0.39, 0.29) is 29.7 Å². The number of methoxy groups -OCH3 is 1. The number of carbonyl (C=O) groups is 3. The highest BCUT2D eigenvalue weighted by Gasteiger charge is 2.18. The fourth-order valence-electron chi connectivity index (χ4n) is 3.73. The fraction of sp³-hybridized carbons (Fsp3) is 0.0667. The second-order valence-corrected chi connectivity index (χ2v) is 8.47. The van der Waals surface area contributed by atoms with Gasteiger partial charge in [-0.2, -0.15) is 5.10 Å². The van der Waals surface area contributed by atoms with Crippen LogP contribution in [0.2, 0.25) is 0 Å². The topological polar surface area (TPSA) is 138 Å². The summed E-state index contributed by atoms with van der Waals surface area (Å²) in [5, 5.41) is 6.65. The maximum absolute atomic E-state index is 13.1. The highest BCUT2D eigenvalue weighted by molar-refractivity contribution is 6.05. The molecule has 2 amide bonds. The molecule has 0 saturated heterocycles. The van der Waals surface area contributed by atoms with Crippen LogP contribution in [-0.4, -0.2) is 37.9 Å². The van der Waals surface area contributed by atoms with Gasteiger partial charge in [0.25, 0.3) is 11.8 Å². The van der Waals surface area contributed by atoms with Crippen molar-refractivity contribution in [3.05, 3.63) is 113 Å². The molecule has 1 aliphatic rings. The lowest BCUT2D eigenvalue weighted by Crippen LogP contribution is -2.32. The van der Waals surface area contributed by atoms with E-state index in [1.165, 1.54) is 37.8 Å². The number of amides is 2. The molecule has 1 aromatic heterocycles. The number of hydrogen-bond acceptors (Lipinski definition) is 9. The number of nitrogens with one attached hydrogen (secondary N) is 2. The van der Waals surface area contributed by atoms with Crippen LogP contribution in [0, 0.1) is 0 Å². The molecule has 0 fully saturated rings. The van der Waals surface area contributed by atoms with Crippen LogP contribution in [0.1, 0.15) is 32.0 Å². The Kier molecular flexibility index (Phi) is 8.06. The molecule has 4 aromatic rings. The number of carbonyl (C=O) groups excluding carboxylic acids is 3. The van der Waals surface area contributed by atoms with Gasteiger partial charge in [0.15, 0.2) is 23.0 Å². The molecule has 0 spiro atoms. The number of hydrogen-bond donors (Lipinski definition) is 2. The van der Waals surface area contributed by atoms with Crippen LogP contribution in [0.15, 0.2) is 100 Å². The molecule has 1 aliphatic heterocycles. The molecule has 0 saturated carbocycles. The number of esters is 1. The average Bonchev–Trinajstić information content (AvgIpc) is 3.70. The van der Waals surface area contributed by atoms with Crippen LogP contribution in [-0.2, 0) is 4.79 Å². The molecule has 2 N–H and O–H groups in total. The molecule has 0 radical (unpaired) electrons. The Bertz CT molecular complexity index is 1630. The molecule has 3 aromatic carbocycles. The first-order chi connectivity index (χ1) is 20.0. The van der Waals surface area contributed by atoms with Crippen LogP contribution in [0.3, 0.4) is 0 Å². The monoisotopic (exact) mass is 553 g/mol. The van der Waals surface area contributed by atoms with E-state index in [9.17, 15) is 14.4 Å². The molecule has 2 heterocycles. The van der Waals surface area contributed by atoms with E-state index in [1.807, 2.05) is 0 Å². The Morgan fingerprint density at radius 2 is 1.68 bits per heavy atom. The summed E-state index contributed by atoms with van der Waals surface area (Å²) in [6, 6.07) is 21.4. The zero-order valence-corrected chi connectivity index (χ0v) is 21.7. The number of nitrogens with zero attached hydrogens (tertiary/aromatic N) is 1. The van der Waals surface area contributed by atoms with E-state index in [1.54, 1.807) is 66.7 Å². The second kappa shape index (κ2) is 12.3. The first kappa shape index (κ1) is 26.8. The van der Waals surface area contributed by atoms with Gasteiger partial charge in [0.05, 0.1) is 19.6 Å². The van der Waals surface area contributed by atoms with Crippen molar-refractivity contribution in [2.75, 3.05) is 13.9 Å². The van der Waals surface area contributed by atoms with Crippen molar-refractivity contribution < 1.29 is 37.7 Å². The minimum Gasteiger partial charge on any atom is -0.493 e. The minimum atomic E-state index is -0.679. The quantitative estimate of drug-likeness (QED) is 0.104. The minimum absolute atomic E-state index is 0.0457. The maximum atomic E-state index is 13.1. The molecule has 0 aliphatic carbocycles. The third-order valence-electron chi connectivity index (χ3n) is 5.73. The highest BCUT2D eigenvalue weighted by atomic mass is 16.7. The van der Waals surface area contributed by atoms with Crippen LogP contribution in [0.5, 0.6) is 23.0 Å². The number of furan rings is 1. The average molecular weight is 554 g/mol. The van der Waals surface area contributed by atoms with Crippen LogP contribution in [0.4, 0.5) is 0 Å². The SMILES string of the molecule is COc1cc(/C=N/NC(=O)/C(=C\c2ccc3c(c2)OCO3)NC(=O)c2ccccc2)ccc1OC(=O)c1ccco1. The summed E-state index contributed by atoms with van der Waals surface area (Å²) in [7, 11) is 1.42. The summed E-state index contributed by atoms with van der Waals surface area (Å²) in [5.74, 6) is -0.223. The molecule has 41 heavy (non-hydrogen) atoms. The smallest absolute Gasteiger partial charge is 0.379 e. The summed E-state index contributed by atoms with van der Waals surface area (Å²) in [6.45, 7) is 0.105. The van der Waals surface area contributed by atoms with Crippen molar-refractivity contribution in [1.82, 2.24) is 10.7 Å². The largest absolute Gasteiger partial charge is 0.493 e. The van der Waals surface area contributed by atoms with E-state index >= 15 is 0 Å². The zero-order valence-electron chi connectivity index (χ0n) is 21.7. The number of rotatable bonds is 9. The standard InChI is InChI=1S/C30H23N3O8/c1-37-26-16-20(10-12-24(26)41-30(36)25-8-5-13-38-25)17-31-33-29(35)22(32-28(34)21-6-3-2-4-7-21)14-19-9-11-23-27(15-19)40-18-39-23/h2-17H,18H2,1H3,(H,32,34)(H,33,35)/b22-14+,31-17+. The van der Waals surface area contributed by atoms with Crippen molar-refractivity contribution in [2.45, 2.75) is 0 Å². The number of fused-ring (bicyclic) bond motifs is 1. The third kappa shape index (κ3) is 6.60. The molecular formula is C30H23N3O8. The van der Waals surface area contributed by atoms with E-state index in [0.717, 1.165) is 0 Å². The van der Waals surface area contributed by atoms with E-state index in [0.29, 0.717) is 28.2 Å². The third-order valence-corrected chi connectivity index (χ3v) is 5.73. The zero-order chi connectivity index (χ0) is 28.6. The van der Waals surface area contributed by atoms with Crippen molar-refractivity contribution in [2.24, 2.45) is 5.10 Å². The van der Waals surface area contributed by atoms with Gasteiger partial charge in [-0.25, -0.2) is 10.2 Å². The van der Waals surface area contributed by atoms with Crippen molar-refractivity contribution in [1.29, 1.82) is 0 Å². The number of hydrazone groups is 1. The molecular weight excluding hydrogens is 530 g/mol. The molecule has 5 rings (SSSR count). The predicted molar refractivity (Wildman–Crippen MR) is 147 cm³/mol. The van der Waals surface area contributed by atoms with Gasteiger partial charge >= 0.3 is 5.97 Å². The van der Waals surface area contributed by atoms with Gasteiger partial charge in [-0.1, -0.05) is 24.3 Å². The van der Waals surface area contributed by atoms with Gasteiger partial charge in [-0.05, 0) is 71.8 Å². The highest BCUT2D eigenvalue weighted by Crippen LogP contribution is 2.33. The predicted octanol–water partition coefficient (Wildman–Crippen LogP) is 4.16. The molecule has 0 atom stereocenters. The normalized spacial score (nSPS) is 12.2. The summed E-state index contributed by atoms with van der Waals surface area (Å²) in [5.41, 5.74) is 3.88. The van der Waals surface area contributed by atoms with Crippen molar-refractivity contribution in [3.63, 3.8) is 0 Å². The first-order valence-electron chi connectivity index (χ1n) is 12.2. The van der Waals surface area contributed by atoms with Crippen molar-refractivity contribution in [3.8, 4) is 23.0 Å². The Balaban J connectivity index is 1.31. The Morgan fingerprint density at radius 3 is 2.46 bits per heavy atom. The molecule has 11 heteroatoms. The Morgan fingerprint density at radius 1 is 0.878 bits per heavy atom. The number of ether oxygens (including phenoxy) is 4. The first-order valence-corrected chi connectivity index (χ1v) is 12.2. The summed E-state index contributed by atoms with van der Waals surface area (Å²) in [4.78, 5) is 38.1. The van der Waals surface area contributed by atoms with Crippen LogP contribution in [0.25, 0.3) is 6.08 Å². The van der Waals surface area contributed by atoms with Gasteiger partial charge in [0.2, 0.25) is 12.6 Å². The van der Waals surface area contributed by atoms with Gasteiger partial charge in [-0.3, -0.25) is 9.59 Å². The molecule has 11 nitrogen and oxygen atoms in total. The van der Waals surface area contributed by atoms with Crippen molar-refractivity contribution >= 4 is 30.1 Å². The number of benzene rings is 3. The van der Waals surface area contributed by atoms with Crippen LogP contribution >= 0.6 is 0 Å². The van der Waals surface area contributed by atoms with Gasteiger partial charge in [0.1, 0.15) is 5.70 Å². The second-order valence-electron chi connectivity index (χ2n) is 8.47. The fourth-order valence-corrected chi connectivity index (χ4v) is 3.73. The van der Waals surface area contributed by atoms with Crippen LogP contribution < -0.4 is 29.7 Å². The lowest BCUT2D eigenvalue weighted by atomic mass is 10.1. The summed E-state index contributed by atoms with van der Waals surface area (Å²) >= 11 is 0. The summed E-state index contributed by atoms with van der Waals surface area (Å²) in [6.07, 6.45) is 4.24. The van der Waals surface area contributed by atoms with E-state index < -0.39 is 17.8 Å². The molecule has 206 valence electrons. The Hall–Kier alpha value is -5.84. The lowest BCUT2D eigenvalue weighted by Gasteiger charge is -2.10. The molecule has 0 bridgehead atoms. The maximum Gasteiger partial charge on any atom is 0.379 e. The van der Waals surface area contributed by atoms with Gasteiger partial charge in [0, 0.05) is 5.56 Å². The summed E-state index contributed by atoms with van der Waals surface area (Å²) < 4.78 is 26.4. The molecule has 0 unspecified atom stereocenters. The van der Waals surface area contributed by atoms with Gasteiger partial charge in [-0.15, -0.1) is 0 Å². The van der Waals surface area contributed by atoms with E-state index in [4.69, 9.17) is 23.4 Å². The lowest BCUT2D eigenvalue weighted by molar-refractivity contribution is -0.117. The van der Waals surface area contributed by atoms with Gasteiger partial charge < -0.3 is 28.7 Å². The Labute approximate surface area is 234 Å².